The van der Waals surface area contributed by atoms with Crippen molar-refractivity contribution in [2.75, 3.05) is 5.73 Å². The maximum Gasteiger partial charge on any atom is 0.0452 e. The molecule has 0 heterocycles. The lowest BCUT2D eigenvalue weighted by molar-refractivity contribution is -0.000324. The van der Waals surface area contributed by atoms with Gasteiger partial charge in [0.2, 0.25) is 0 Å². The molecule has 2 N–H and O–H groups in total. The van der Waals surface area contributed by atoms with Gasteiger partial charge in [0.1, 0.15) is 0 Å². The standard InChI is InChI=1S/C21H30IN/c1-11-9-17-16-6-5-15-14(7-8-18(23)20(15)22)19(16)12(2)10-21(17,4)13(11)3/h7-8,11-13,16-17,19H,5-6,9-10,23H2,1-4H3. The smallest absolute Gasteiger partial charge is 0.0452 e. The number of fused-ring (bicyclic) bond motifs is 5. The summed E-state index contributed by atoms with van der Waals surface area (Å²) in [4.78, 5) is 0. The van der Waals surface area contributed by atoms with E-state index in [1.54, 1.807) is 11.1 Å². The molecule has 0 amide bonds. The van der Waals surface area contributed by atoms with Crippen molar-refractivity contribution in [3.8, 4) is 0 Å². The lowest BCUT2D eigenvalue weighted by Crippen LogP contribution is -2.45. The molecule has 126 valence electrons. The zero-order valence-corrected chi connectivity index (χ0v) is 17.1. The second kappa shape index (κ2) is 5.37. The van der Waals surface area contributed by atoms with Crippen molar-refractivity contribution in [3.63, 3.8) is 0 Å². The van der Waals surface area contributed by atoms with E-state index in [1.165, 1.54) is 29.3 Å². The van der Waals surface area contributed by atoms with Gasteiger partial charge in [-0.15, -0.1) is 0 Å². The van der Waals surface area contributed by atoms with Crippen LogP contribution in [0.15, 0.2) is 12.1 Å². The van der Waals surface area contributed by atoms with Crippen molar-refractivity contribution in [3.05, 3.63) is 26.8 Å². The Bertz CT molecular complexity index is 639. The number of hydrogen-bond acceptors (Lipinski definition) is 1. The first-order valence-electron chi connectivity index (χ1n) is 9.41. The van der Waals surface area contributed by atoms with Crippen LogP contribution in [0.3, 0.4) is 0 Å². The molecule has 0 spiro atoms. The van der Waals surface area contributed by atoms with E-state index in [1.807, 2.05) is 0 Å². The Morgan fingerprint density at radius 2 is 1.91 bits per heavy atom. The fourth-order valence-electron chi connectivity index (χ4n) is 6.81. The third-order valence-corrected chi connectivity index (χ3v) is 9.39. The number of hydrogen-bond donors (Lipinski definition) is 1. The van der Waals surface area contributed by atoms with Gasteiger partial charge in [0.25, 0.3) is 0 Å². The van der Waals surface area contributed by atoms with Gasteiger partial charge in [0.15, 0.2) is 0 Å². The third-order valence-electron chi connectivity index (χ3n) is 8.12. The fourth-order valence-corrected chi connectivity index (χ4v) is 7.57. The first kappa shape index (κ1) is 16.2. The summed E-state index contributed by atoms with van der Waals surface area (Å²) in [5.41, 5.74) is 10.9. The number of nitrogens with two attached hydrogens (primary N) is 1. The van der Waals surface area contributed by atoms with Crippen LogP contribution in [0.1, 0.15) is 64.0 Å². The summed E-state index contributed by atoms with van der Waals surface area (Å²) in [6, 6.07) is 4.52. The fraction of sp³-hybridized carbons (Fsp3) is 0.714. The molecule has 4 rings (SSSR count). The van der Waals surface area contributed by atoms with Crippen LogP contribution in [-0.4, -0.2) is 0 Å². The predicted octanol–water partition coefficient (Wildman–Crippen LogP) is 5.86. The summed E-state index contributed by atoms with van der Waals surface area (Å²) in [5, 5.41) is 0. The highest BCUT2D eigenvalue weighted by atomic mass is 127. The summed E-state index contributed by atoms with van der Waals surface area (Å²) < 4.78 is 1.33. The highest BCUT2D eigenvalue weighted by Gasteiger charge is 2.57. The number of nitrogen functional groups attached to an aromatic ring is 1. The number of anilines is 1. The summed E-state index contributed by atoms with van der Waals surface area (Å²) in [6.45, 7) is 10.2. The molecule has 3 aliphatic carbocycles. The van der Waals surface area contributed by atoms with Crippen LogP contribution in [0, 0.1) is 38.6 Å². The lowest BCUT2D eigenvalue weighted by Gasteiger charge is -2.53. The molecule has 0 bridgehead atoms. The average molecular weight is 423 g/mol. The van der Waals surface area contributed by atoms with Gasteiger partial charge in [0.05, 0.1) is 0 Å². The Morgan fingerprint density at radius 1 is 1.17 bits per heavy atom. The summed E-state index contributed by atoms with van der Waals surface area (Å²) in [7, 11) is 0. The van der Waals surface area contributed by atoms with Gasteiger partial charge in [0, 0.05) is 9.26 Å². The maximum atomic E-state index is 6.18. The molecular weight excluding hydrogens is 393 g/mol. The summed E-state index contributed by atoms with van der Waals surface area (Å²) in [5.74, 6) is 5.16. The van der Waals surface area contributed by atoms with Gasteiger partial charge < -0.3 is 5.73 Å². The van der Waals surface area contributed by atoms with Crippen LogP contribution in [0.2, 0.25) is 0 Å². The quantitative estimate of drug-likeness (QED) is 0.411. The van der Waals surface area contributed by atoms with E-state index >= 15 is 0 Å². The van der Waals surface area contributed by atoms with Crippen LogP contribution < -0.4 is 5.73 Å². The first-order valence-corrected chi connectivity index (χ1v) is 10.5. The molecule has 0 radical (unpaired) electrons. The average Bonchev–Trinajstić information content (AvgIpc) is 2.74. The van der Waals surface area contributed by atoms with Crippen molar-refractivity contribution in [1.29, 1.82) is 0 Å². The molecule has 23 heavy (non-hydrogen) atoms. The molecule has 7 atom stereocenters. The van der Waals surface area contributed by atoms with E-state index in [9.17, 15) is 0 Å². The first-order chi connectivity index (χ1) is 10.8. The Balaban J connectivity index is 1.78. The molecule has 1 nitrogen and oxygen atoms in total. The third kappa shape index (κ3) is 2.15. The molecule has 1 aromatic rings. The van der Waals surface area contributed by atoms with Crippen LogP contribution in [-0.2, 0) is 6.42 Å². The monoisotopic (exact) mass is 423 g/mol. The number of rotatable bonds is 0. The van der Waals surface area contributed by atoms with Crippen LogP contribution in [0.5, 0.6) is 0 Å². The van der Waals surface area contributed by atoms with E-state index in [-0.39, 0.29) is 0 Å². The van der Waals surface area contributed by atoms with Gasteiger partial charge in [-0.05, 0) is 106 Å². The molecule has 0 saturated heterocycles. The van der Waals surface area contributed by atoms with Crippen molar-refractivity contribution < 1.29 is 0 Å². The SMILES string of the molecule is CC1CC2(C)C(C)C(C)CC2C2CCc3c(ccc(N)c3I)C12. The van der Waals surface area contributed by atoms with Gasteiger partial charge in [-0.1, -0.05) is 33.8 Å². The minimum absolute atomic E-state index is 0.568. The van der Waals surface area contributed by atoms with Crippen LogP contribution in [0.25, 0.3) is 0 Å². The molecule has 3 aliphatic rings. The lowest BCUT2D eigenvalue weighted by atomic mass is 9.51. The number of benzene rings is 1. The van der Waals surface area contributed by atoms with Crippen molar-refractivity contribution >= 4 is 28.3 Å². The Hall–Kier alpha value is -0.250. The molecule has 2 heteroatoms. The molecule has 0 aromatic heterocycles. The largest absolute Gasteiger partial charge is 0.398 e. The van der Waals surface area contributed by atoms with Crippen molar-refractivity contribution in [2.45, 2.75) is 59.3 Å². The minimum Gasteiger partial charge on any atom is -0.398 e. The van der Waals surface area contributed by atoms with Crippen molar-refractivity contribution in [1.82, 2.24) is 0 Å². The predicted molar refractivity (Wildman–Crippen MR) is 106 cm³/mol. The topological polar surface area (TPSA) is 26.0 Å². The zero-order valence-electron chi connectivity index (χ0n) is 14.9. The van der Waals surface area contributed by atoms with E-state index in [0.29, 0.717) is 5.41 Å². The second-order valence-corrected chi connectivity index (χ2v) is 10.1. The molecule has 1 aromatic carbocycles. The van der Waals surface area contributed by atoms with Gasteiger partial charge in [-0.2, -0.15) is 0 Å². The number of halogens is 1. The Kier molecular flexibility index (Phi) is 3.79. The summed E-state index contributed by atoms with van der Waals surface area (Å²) in [6.07, 6.45) is 5.47. The Morgan fingerprint density at radius 3 is 2.65 bits per heavy atom. The highest BCUT2D eigenvalue weighted by molar-refractivity contribution is 14.1. The van der Waals surface area contributed by atoms with E-state index in [0.717, 1.165) is 41.2 Å². The van der Waals surface area contributed by atoms with E-state index in [2.05, 4.69) is 62.4 Å². The van der Waals surface area contributed by atoms with Gasteiger partial charge >= 0.3 is 0 Å². The zero-order chi connectivity index (χ0) is 16.5. The van der Waals surface area contributed by atoms with Crippen molar-refractivity contribution in [2.24, 2.45) is 35.0 Å². The van der Waals surface area contributed by atoms with Crippen LogP contribution in [0.4, 0.5) is 5.69 Å². The van der Waals surface area contributed by atoms with Gasteiger partial charge in [-0.25, -0.2) is 0 Å². The second-order valence-electron chi connectivity index (χ2n) is 9.06. The normalized spacial score (nSPS) is 45.3. The molecule has 2 saturated carbocycles. The molecule has 0 aliphatic heterocycles. The minimum atomic E-state index is 0.568. The van der Waals surface area contributed by atoms with E-state index in [4.69, 9.17) is 5.73 Å². The molecule has 2 fully saturated rings. The maximum absolute atomic E-state index is 6.18. The highest BCUT2D eigenvalue weighted by Crippen LogP contribution is 2.65. The molecular formula is C21H30IN. The van der Waals surface area contributed by atoms with E-state index < -0.39 is 0 Å². The summed E-state index contributed by atoms with van der Waals surface area (Å²) >= 11 is 2.47. The van der Waals surface area contributed by atoms with Crippen LogP contribution >= 0.6 is 22.6 Å². The van der Waals surface area contributed by atoms with Gasteiger partial charge in [-0.3, -0.25) is 0 Å². The molecule has 7 unspecified atom stereocenters. The Labute approximate surface area is 154 Å².